The number of hydrogen-bond donors (Lipinski definition) is 1. The maximum Gasteiger partial charge on any atom is 0.126 e. The summed E-state index contributed by atoms with van der Waals surface area (Å²) < 4.78 is 19.3. The lowest BCUT2D eigenvalue weighted by Gasteiger charge is -2.38. The molecule has 3 atom stereocenters. The SMILES string of the molecule is CCC1CCC2(C1)C[C@H](O)c1cc(F)ccc1O2. The summed E-state index contributed by atoms with van der Waals surface area (Å²) >= 11 is 0. The molecule has 2 unspecified atom stereocenters. The van der Waals surface area contributed by atoms with Gasteiger partial charge >= 0.3 is 0 Å². The number of aliphatic hydroxyl groups is 1. The molecule has 1 heterocycles. The molecule has 1 aromatic carbocycles. The lowest BCUT2D eigenvalue weighted by molar-refractivity contribution is -0.0124. The molecule has 0 bridgehead atoms. The summed E-state index contributed by atoms with van der Waals surface area (Å²) in [5, 5.41) is 10.2. The summed E-state index contributed by atoms with van der Waals surface area (Å²) in [7, 11) is 0. The maximum absolute atomic E-state index is 13.2. The van der Waals surface area contributed by atoms with E-state index in [0.717, 1.165) is 19.3 Å². The molecule has 3 rings (SSSR count). The fourth-order valence-corrected chi connectivity index (χ4v) is 3.43. The van der Waals surface area contributed by atoms with Crippen LogP contribution in [-0.4, -0.2) is 10.7 Å². The summed E-state index contributed by atoms with van der Waals surface area (Å²) in [6.07, 6.45) is 4.34. The van der Waals surface area contributed by atoms with Crippen molar-refractivity contribution in [2.75, 3.05) is 0 Å². The standard InChI is InChI=1S/C15H19FO2/c1-2-10-5-6-15(8-10)9-13(17)12-7-11(16)3-4-14(12)18-15/h3-4,7,10,13,17H,2,5-6,8-9H2,1H3/t10?,13-,15?/m0/s1. The Labute approximate surface area is 107 Å². The van der Waals surface area contributed by atoms with Gasteiger partial charge in [-0.15, -0.1) is 0 Å². The van der Waals surface area contributed by atoms with Gasteiger partial charge in [0.05, 0.1) is 6.10 Å². The lowest BCUT2D eigenvalue weighted by Crippen LogP contribution is -2.38. The molecule has 0 aromatic heterocycles. The van der Waals surface area contributed by atoms with Crippen molar-refractivity contribution in [3.63, 3.8) is 0 Å². The normalized spacial score (nSPS) is 34.4. The van der Waals surface area contributed by atoms with Gasteiger partial charge in [-0.25, -0.2) is 4.39 Å². The van der Waals surface area contributed by atoms with Crippen LogP contribution in [0.5, 0.6) is 5.75 Å². The van der Waals surface area contributed by atoms with E-state index in [2.05, 4.69) is 6.92 Å². The minimum Gasteiger partial charge on any atom is -0.487 e. The fourth-order valence-electron chi connectivity index (χ4n) is 3.43. The van der Waals surface area contributed by atoms with Crippen LogP contribution in [0.2, 0.25) is 0 Å². The van der Waals surface area contributed by atoms with Crippen LogP contribution in [0.4, 0.5) is 4.39 Å². The van der Waals surface area contributed by atoms with Gasteiger partial charge in [0.15, 0.2) is 0 Å². The molecule has 2 nitrogen and oxygen atoms in total. The highest BCUT2D eigenvalue weighted by atomic mass is 19.1. The Bertz CT molecular complexity index is 460. The molecule has 3 heteroatoms. The van der Waals surface area contributed by atoms with E-state index in [0.29, 0.717) is 23.7 Å². The minimum absolute atomic E-state index is 0.217. The van der Waals surface area contributed by atoms with E-state index in [4.69, 9.17) is 4.74 Å². The van der Waals surface area contributed by atoms with E-state index in [1.54, 1.807) is 6.07 Å². The van der Waals surface area contributed by atoms with Crippen LogP contribution in [-0.2, 0) is 0 Å². The Morgan fingerprint density at radius 3 is 3.00 bits per heavy atom. The zero-order valence-corrected chi connectivity index (χ0v) is 10.7. The Hall–Kier alpha value is -1.09. The second kappa shape index (κ2) is 4.23. The molecule has 18 heavy (non-hydrogen) atoms. The molecule has 2 aliphatic rings. The number of fused-ring (bicyclic) bond motifs is 1. The fraction of sp³-hybridized carbons (Fsp3) is 0.600. The highest BCUT2D eigenvalue weighted by molar-refractivity contribution is 5.38. The topological polar surface area (TPSA) is 29.5 Å². The summed E-state index contributed by atoms with van der Waals surface area (Å²) in [5.41, 5.74) is 0.380. The van der Waals surface area contributed by atoms with Gasteiger partial charge in [-0.2, -0.15) is 0 Å². The van der Waals surface area contributed by atoms with Crippen molar-refractivity contribution in [2.24, 2.45) is 5.92 Å². The third-order valence-electron chi connectivity index (χ3n) is 4.47. The first-order valence-electron chi connectivity index (χ1n) is 6.78. The molecule has 1 saturated carbocycles. The predicted molar refractivity (Wildman–Crippen MR) is 67.0 cm³/mol. The van der Waals surface area contributed by atoms with Crippen LogP contribution >= 0.6 is 0 Å². The number of halogens is 1. The zero-order valence-electron chi connectivity index (χ0n) is 10.7. The first-order valence-corrected chi connectivity index (χ1v) is 6.78. The third-order valence-corrected chi connectivity index (χ3v) is 4.47. The first-order chi connectivity index (χ1) is 8.62. The summed E-state index contributed by atoms with van der Waals surface area (Å²) in [4.78, 5) is 0. The van der Waals surface area contributed by atoms with E-state index in [1.807, 2.05) is 0 Å². The molecule has 0 saturated heterocycles. The average Bonchev–Trinajstić information content (AvgIpc) is 2.73. The second-order valence-electron chi connectivity index (χ2n) is 5.70. The number of ether oxygens (including phenoxy) is 1. The van der Waals surface area contributed by atoms with Gasteiger partial charge in [-0.05, 0) is 43.4 Å². The smallest absolute Gasteiger partial charge is 0.126 e. The molecule has 1 aromatic rings. The largest absolute Gasteiger partial charge is 0.487 e. The zero-order chi connectivity index (χ0) is 12.8. The van der Waals surface area contributed by atoms with Crippen molar-refractivity contribution in [3.05, 3.63) is 29.6 Å². The van der Waals surface area contributed by atoms with Gasteiger partial charge in [0, 0.05) is 12.0 Å². The van der Waals surface area contributed by atoms with Crippen molar-refractivity contribution >= 4 is 0 Å². The van der Waals surface area contributed by atoms with Gasteiger partial charge in [-0.3, -0.25) is 0 Å². The van der Waals surface area contributed by atoms with Gasteiger partial charge in [-0.1, -0.05) is 13.3 Å². The molecule has 0 radical (unpaired) electrons. The summed E-state index contributed by atoms with van der Waals surface area (Å²) in [5.74, 6) is 1.04. The van der Waals surface area contributed by atoms with Crippen molar-refractivity contribution in [2.45, 2.75) is 50.7 Å². The molecule has 1 N–H and O–H groups in total. The van der Waals surface area contributed by atoms with Crippen LogP contribution in [0, 0.1) is 11.7 Å². The number of rotatable bonds is 1. The quantitative estimate of drug-likeness (QED) is 0.825. The first kappa shape index (κ1) is 12.0. The molecule has 1 fully saturated rings. The second-order valence-corrected chi connectivity index (χ2v) is 5.70. The predicted octanol–water partition coefficient (Wildman–Crippen LogP) is 3.59. The van der Waals surface area contributed by atoms with Crippen LogP contribution < -0.4 is 4.74 Å². The lowest BCUT2D eigenvalue weighted by atomic mass is 9.86. The van der Waals surface area contributed by atoms with Crippen LogP contribution in [0.3, 0.4) is 0 Å². The highest BCUT2D eigenvalue weighted by Gasteiger charge is 2.45. The maximum atomic E-state index is 13.2. The Balaban J connectivity index is 1.90. The van der Waals surface area contributed by atoms with Gasteiger partial charge < -0.3 is 9.84 Å². The van der Waals surface area contributed by atoms with E-state index >= 15 is 0 Å². The van der Waals surface area contributed by atoms with Gasteiger partial charge in [0.1, 0.15) is 17.2 Å². The Kier molecular flexibility index (Phi) is 2.81. The third kappa shape index (κ3) is 1.91. The van der Waals surface area contributed by atoms with Gasteiger partial charge in [0.2, 0.25) is 0 Å². The Morgan fingerprint density at radius 1 is 1.44 bits per heavy atom. The van der Waals surface area contributed by atoms with E-state index < -0.39 is 6.10 Å². The molecular formula is C15H19FO2. The van der Waals surface area contributed by atoms with Crippen molar-refractivity contribution in [1.82, 2.24) is 0 Å². The van der Waals surface area contributed by atoms with Crippen LogP contribution in [0.15, 0.2) is 18.2 Å². The molecule has 1 spiro atoms. The average molecular weight is 250 g/mol. The van der Waals surface area contributed by atoms with E-state index in [-0.39, 0.29) is 11.4 Å². The summed E-state index contributed by atoms with van der Waals surface area (Å²) in [6, 6.07) is 4.43. The minimum atomic E-state index is -0.597. The monoisotopic (exact) mass is 250 g/mol. The molecule has 1 aliphatic carbocycles. The summed E-state index contributed by atoms with van der Waals surface area (Å²) in [6.45, 7) is 2.20. The van der Waals surface area contributed by atoms with E-state index in [1.165, 1.54) is 18.6 Å². The van der Waals surface area contributed by atoms with Crippen LogP contribution in [0.1, 0.15) is 50.7 Å². The highest BCUT2D eigenvalue weighted by Crippen LogP contribution is 2.49. The van der Waals surface area contributed by atoms with E-state index in [9.17, 15) is 9.50 Å². The van der Waals surface area contributed by atoms with Crippen molar-refractivity contribution < 1.29 is 14.2 Å². The van der Waals surface area contributed by atoms with Crippen molar-refractivity contribution in [1.29, 1.82) is 0 Å². The molecule has 98 valence electrons. The molecule has 0 amide bonds. The Morgan fingerprint density at radius 2 is 2.28 bits per heavy atom. The molecular weight excluding hydrogens is 231 g/mol. The molecule has 1 aliphatic heterocycles. The van der Waals surface area contributed by atoms with Crippen molar-refractivity contribution in [3.8, 4) is 5.75 Å². The number of benzene rings is 1. The number of aliphatic hydroxyl groups excluding tert-OH is 1. The van der Waals surface area contributed by atoms with Crippen LogP contribution in [0.25, 0.3) is 0 Å². The van der Waals surface area contributed by atoms with Gasteiger partial charge in [0.25, 0.3) is 0 Å². The number of hydrogen-bond acceptors (Lipinski definition) is 2.